The van der Waals surface area contributed by atoms with Gasteiger partial charge < -0.3 is 9.64 Å². The first kappa shape index (κ1) is 15.4. The molecular formula is C15H19N5O3. The molecule has 122 valence electrons. The SMILES string of the molecule is Cc1cc(C)n(-c2ccc(=O)n(CC(=O)N3CCOCC3)n2)n1. The molecule has 0 aliphatic carbocycles. The zero-order chi connectivity index (χ0) is 16.4. The van der Waals surface area contributed by atoms with Crippen LogP contribution in [-0.4, -0.2) is 56.7 Å². The van der Waals surface area contributed by atoms with Gasteiger partial charge in [-0.3, -0.25) is 9.59 Å². The number of ether oxygens (including phenoxy) is 1. The van der Waals surface area contributed by atoms with E-state index in [1.807, 2.05) is 19.9 Å². The number of hydrogen-bond donors (Lipinski definition) is 0. The van der Waals surface area contributed by atoms with Crippen LogP contribution in [0.2, 0.25) is 0 Å². The topological polar surface area (TPSA) is 82.2 Å². The molecule has 0 spiro atoms. The van der Waals surface area contributed by atoms with Gasteiger partial charge in [0.2, 0.25) is 5.91 Å². The van der Waals surface area contributed by atoms with Gasteiger partial charge in [0, 0.05) is 24.8 Å². The van der Waals surface area contributed by atoms with Crippen molar-refractivity contribution >= 4 is 5.91 Å². The normalized spacial score (nSPS) is 15.0. The average molecular weight is 317 g/mol. The zero-order valence-corrected chi connectivity index (χ0v) is 13.2. The number of carbonyl (C=O) groups is 1. The molecule has 2 aromatic rings. The van der Waals surface area contributed by atoms with E-state index in [2.05, 4.69) is 10.2 Å². The average Bonchev–Trinajstić information content (AvgIpc) is 2.89. The van der Waals surface area contributed by atoms with Crippen LogP contribution in [0.1, 0.15) is 11.4 Å². The van der Waals surface area contributed by atoms with Gasteiger partial charge in [0.15, 0.2) is 5.82 Å². The Labute approximate surface area is 133 Å². The fraction of sp³-hybridized carbons (Fsp3) is 0.467. The largest absolute Gasteiger partial charge is 0.378 e. The number of morpholine rings is 1. The van der Waals surface area contributed by atoms with Crippen molar-refractivity contribution in [1.82, 2.24) is 24.5 Å². The van der Waals surface area contributed by atoms with Gasteiger partial charge in [-0.15, -0.1) is 5.10 Å². The Hall–Kier alpha value is -2.48. The third-order valence-electron chi connectivity index (χ3n) is 3.73. The number of aryl methyl sites for hydroxylation is 2. The van der Waals surface area contributed by atoms with Crippen LogP contribution < -0.4 is 5.56 Å². The van der Waals surface area contributed by atoms with Crippen LogP contribution in [-0.2, 0) is 16.1 Å². The lowest BCUT2D eigenvalue weighted by Gasteiger charge is -2.26. The molecule has 0 unspecified atom stereocenters. The van der Waals surface area contributed by atoms with Gasteiger partial charge in [-0.25, -0.2) is 9.36 Å². The van der Waals surface area contributed by atoms with Gasteiger partial charge >= 0.3 is 0 Å². The molecule has 0 atom stereocenters. The predicted octanol–water partition coefficient (Wildman–Crippen LogP) is -0.0954. The summed E-state index contributed by atoms with van der Waals surface area (Å²) in [6.07, 6.45) is 0. The standard InChI is InChI=1S/C15H19N5O3/c1-11-9-12(2)20(16-11)13-3-4-14(21)19(17-13)10-15(22)18-5-7-23-8-6-18/h3-4,9H,5-8,10H2,1-2H3. The van der Waals surface area contributed by atoms with Crippen LogP contribution in [0.4, 0.5) is 0 Å². The minimum atomic E-state index is -0.308. The second kappa shape index (κ2) is 6.33. The molecule has 8 heteroatoms. The predicted molar refractivity (Wildman–Crippen MR) is 82.5 cm³/mol. The maximum Gasteiger partial charge on any atom is 0.267 e. The first-order chi connectivity index (χ1) is 11.0. The van der Waals surface area contributed by atoms with Crippen molar-refractivity contribution in [2.45, 2.75) is 20.4 Å². The lowest BCUT2D eigenvalue weighted by molar-refractivity contribution is -0.136. The van der Waals surface area contributed by atoms with E-state index in [1.54, 1.807) is 15.6 Å². The van der Waals surface area contributed by atoms with E-state index in [0.717, 1.165) is 11.4 Å². The molecule has 1 aliphatic heterocycles. The third kappa shape index (κ3) is 3.31. The monoisotopic (exact) mass is 317 g/mol. The molecule has 8 nitrogen and oxygen atoms in total. The van der Waals surface area contributed by atoms with Crippen LogP contribution in [0.25, 0.3) is 5.82 Å². The fourth-order valence-electron chi connectivity index (χ4n) is 2.57. The molecule has 1 amide bonds. The second-order valence-electron chi connectivity index (χ2n) is 5.52. The van der Waals surface area contributed by atoms with E-state index < -0.39 is 0 Å². The molecule has 0 bridgehead atoms. The van der Waals surface area contributed by atoms with Crippen LogP contribution >= 0.6 is 0 Å². The molecule has 1 saturated heterocycles. The smallest absolute Gasteiger partial charge is 0.267 e. The molecule has 0 radical (unpaired) electrons. The summed E-state index contributed by atoms with van der Waals surface area (Å²) in [5.74, 6) is 0.387. The molecule has 1 fully saturated rings. The van der Waals surface area contributed by atoms with Gasteiger partial charge in [0.05, 0.1) is 18.9 Å². The first-order valence-electron chi connectivity index (χ1n) is 7.52. The maximum absolute atomic E-state index is 12.3. The van der Waals surface area contributed by atoms with E-state index in [1.165, 1.54) is 10.7 Å². The van der Waals surface area contributed by atoms with E-state index in [4.69, 9.17) is 4.74 Å². The minimum Gasteiger partial charge on any atom is -0.378 e. The summed E-state index contributed by atoms with van der Waals surface area (Å²) in [6, 6.07) is 4.94. The van der Waals surface area contributed by atoms with Crippen LogP contribution in [0, 0.1) is 13.8 Å². The highest BCUT2D eigenvalue weighted by Gasteiger charge is 2.18. The summed E-state index contributed by atoms with van der Waals surface area (Å²) < 4.78 is 8.07. The van der Waals surface area contributed by atoms with Crippen molar-refractivity contribution in [2.24, 2.45) is 0 Å². The highest BCUT2D eigenvalue weighted by molar-refractivity contribution is 5.76. The number of amides is 1. The Morgan fingerprint density at radius 3 is 2.61 bits per heavy atom. The molecule has 1 aliphatic rings. The van der Waals surface area contributed by atoms with Gasteiger partial charge in [-0.1, -0.05) is 0 Å². The van der Waals surface area contributed by atoms with E-state index in [0.29, 0.717) is 32.1 Å². The Kier molecular flexibility index (Phi) is 4.24. The molecule has 0 aromatic carbocycles. The summed E-state index contributed by atoms with van der Waals surface area (Å²) in [5.41, 5.74) is 1.48. The lowest BCUT2D eigenvalue weighted by Crippen LogP contribution is -2.43. The molecule has 0 saturated carbocycles. The second-order valence-corrected chi connectivity index (χ2v) is 5.52. The minimum absolute atomic E-state index is 0.0774. The molecule has 3 rings (SSSR count). The molecule has 0 N–H and O–H groups in total. The van der Waals surface area contributed by atoms with Crippen molar-refractivity contribution < 1.29 is 9.53 Å². The third-order valence-corrected chi connectivity index (χ3v) is 3.73. The number of hydrogen-bond acceptors (Lipinski definition) is 5. The number of aromatic nitrogens is 4. The summed E-state index contributed by atoms with van der Waals surface area (Å²) in [7, 11) is 0. The van der Waals surface area contributed by atoms with E-state index in [-0.39, 0.29) is 18.0 Å². The number of rotatable bonds is 3. The van der Waals surface area contributed by atoms with Gasteiger partial charge in [0.25, 0.3) is 5.56 Å². The fourth-order valence-corrected chi connectivity index (χ4v) is 2.57. The van der Waals surface area contributed by atoms with E-state index in [9.17, 15) is 9.59 Å². The van der Waals surface area contributed by atoms with E-state index >= 15 is 0 Å². The van der Waals surface area contributed by atoms with Crippen molar-refractivity contribution in [2.75, 3.05) is 26.3 Å². The molecule has 2 aromatic heterocycles. The van der Waals surface area contributed by atoms with Crippen LogP contribution in [0.3, 0.4) is 0 Å². The van der Waals surface area contributed by atoms with Crippen molar-refractivity contribution in [3.05, 3.63) is 39.9 Å². The Morgan fingerprint density at radius 2 is 1.96 bits per heavy atom. The molecular weight excluding hydrogens is 298 g/mol. The number of carbonyl (C=O) groups excluding carboxylic acids is 1. The number of nitrogens with zero attached hydrogens (tertiary/aromatic N) is 5. The Bertz CT molecular complexity index is 774. The van der Waals surface area contributed by atoms with Crippen molar-refractivity contribution in [3.63, 3.8) is 0 Å². The highest BCUT2D eigenvalue weighted by atomic mass is 16.5. The summed E-state index contributed by atoms with van der Waals surface area (Å²) >= 11 is 0. The first-order valence-corrected chi connectivity index (χ1v) is 7.52. The lowest BCUT2D eigenvalue weighted by atomic mass is 10.4. The summed E-state index contributed by atoms with van der Waals surface area (Å²) in [4.78, 5) is 26.0. The highest BCUT2D eigenvalue weighted by Crippen LogP contribution is 2.08. The van der Waals surface area contributed by atoms with Gasteiger partial charge in [0.1, 0.15) is 6.54 Å². The van der Waals surface area contributed by atoms with Crippen molar-refractivity contribution in [1.29, 1.82) is 0 Å². The Balaban J connectivity index is 1.84. The maximum atomic E-state index is 12.3. The van der Waals surface area contributed by atoms with Crippen LogP contribution in [0.5, 0.6) is 0 Å². The molecule has 3 heterocycles. The summed E-state index contributed by atoms with van der Waals surface area (Å²) in [5, 5.41) is 8.62. The van der Waals surface area contributed by atoms with Crippen LogP contribution in [0.15, 0.2) is 23.0 Å². The van der Waals surface area contributed by atoms with Gasteiger partial charge in [-0.05, 0) is 26.0 Å². The Morgan fingerprint density at radius 1 is 1.22 bits per heavy atom. The summed E-state index contributed by atoms with van der Waals surface area (Å²) in [6.45, 7) is 5.87. The quantitative estimate of drug-likeness (QED) is 0.790. The zero-order valence-electron chi connectivity index (χ0n) is 13.2. The molecule has 23 heavy (non-hydrogen) atoms. The van der Waals surface area contributed by atoms with Gasteiger partial charge in [-0.2, -0.15) is 5.10 Å². The van der Waals surface area contributed by atoms with Crippen molar-refractivity contribution in [3.8, 4) is 5.82 Å².